The van der Waals surface area contributed by atoms with E-state index in [4.69, 9.17) is 0 Å². The van der Waals surface area contributed by atoms with Gasteiger partial charge >= 0.3 is 0 Å². The Bertz CT molecular complexity index is 537. The molecule has 0 heterocycles. The Balaban J connectivity index is 1.87. The molecule has 0 aromatic heterocycles. The number of hydrogen-bond acceptors (Lipinski definition) is 2. The second-order valence-corrected chi connectivity index (χ2v) is 8.45. The van der Waals surface area contributed by atoms with Gasteiger partial charge < -0.3 is 10.6 Å². The van der Waals surface area contributed by atoms with Gasteiger partial charge in [0.2, 0.25) is 0 Å². The van der Waals surface area contributed by atoms with E-state index in [0.29, 0.717) is 18.3 Å². The molecule has 3 atom stereocenters. The first-order valence-corrected chi connectivity index (χ1v) is 10.4. The van der Waals surface area contributed by atoms with Crippen molar-refractivity contribution in [3.8, 4) is 0 Å². The third-order valence-electron chi connectivity index (χ3n) is 4.42. The van der Waals surface area contributed by atoms with E-state index in [1.807, 2.05) is 30.3 Å². The molecule has 1 aromatic rings. The highest BCUT2D eigenvalue weighted by Gasteiger charge is 2.24. The van der Waals surface area contributed by atoms with Crippen molar-refractivity contribution in [3.63, 3.8) is 0 Å². The van der Waals surface area contributed by atoms with Gasteiger partial charge in [0.1, 0.15) is 0 Å². The largest absolute Gasteiger partial charge is 0.357 e. The Kier molecular flexibility index (Phi) is 7.76. The van der Waals surface area contributed by atoms with E-state index in [2.05, 4.69) is 36.4 Å². The van der Waals surface area contributed by atoms with E-state index in [-0.39, 0.29) is 0 Å². The quantitative estimate of drug-likeness (QED) is 0.613. The molecule has 1 saturated carbocycles. The average molecular weight is 350 g/mol. The Morgan fingerprint density at radius 3 is 2.46 bits per heavy atom. The predicted molar refractivity (Wildman–Crippen MR) is 103 cm³/mol. The smallest absolute Gasteiger partial charge is 0.191 e. The highest BCUT2D eigenvalue weighted by Crippen LogP contribution is 2.28. The first kappa shape index (κ1) is 19.0. The van der Waals surface area contributed by atoms with Gasteiger partial charge in [0.05, 0.1) is 17.3 Å². The summed E-state index contributed by atoms with van der Waals surface area (Å²) >= 11 is 0. The lowest BCUT2D eigenvalue weighted by molar-refractivity contribution is 0.255. The zero-order valence-electron chi connectivity index (χ0n) is 15.1. The monoisotopic (exact) mass is 349 g/mol. The molecule has 0 bridgehead atoms. The maximum Gasteiger partial charge on any atom is 0.191 e. The lowest BCUT2D eigenvalue weighted by Gasteiger charge is -2.32. The van der Waals surface area contributed by atoms with E-state index in [1.165, 1.54) is 19.3 Å². The van der Waals surface area contributed by atoms with Gasteiger partial charge in [-0.25, -0.2) is 0 Å². The van der Waals surface area contributed by atoms with Crippen molar-refractivity contribution in [2.45, 2.75) is 51.0 Å². The van der Waals surface area contributed by atoms with Gasteiger partial charge in [0.25, 0.3) is 0 Å². The fourth-order valence-electron chi connectivity index (χ4n) is 3.51. The van der Waals surface area contributed by atoms with Crippen LogP contribution in [0.3, 0.4) is 0 Å². The number of guanidine groups is 1. The third kappa shape index (κ3) is 6.27. The normalized spacial score (nSPS) is 26.0. The van der Waals surface area contributed by atoms with Crippen LogP contribution < -0.4 is 10.6 Å². The van der Waals surface area contributed by atoms with Crippen LogP contribution in [0.25, 0.3) is 0 Å². The standard InChI is InChI=1S/C19H31N3OS/c1-4-20-19(22-17-13-15(2)12-16(3)14-17)21-10-11-24(23)18-8-6-5-7-9-18/h5-9,15-17H,4,10-14H2,1-3H3,(H2,20,21,22). The maximum absolute atomic E-state index is 12.3. The van der Waals surface area contributed by atoms with Crippen molar-refractivity contribution in [3.05, 3.63) is 30.3 Å². The van der Waals surface area contributed by atoms with Crippen LogP contribution >= 0.6 is 0 Å². The Morgan fingerprint density at radius 1 is 1.17 bits per heavy atom. The van der Waals surface area contributed by atoms with Crippen molar-refractivity contribution in [1.29, 1.82) is 0 Å². The molecule has 0 saturated heterocycles. The number of hydrogen-bond donors (Lipinski definition) is 2. The molecular weight excluding hydrogens is 318 g/mol. The molecule has 0 amide bonds. The Morgan fingerprint density at radius 2 is 1.83 bits per heavy atom. The molecule has 0 spiro atoms. The van der Waals surface area contributed by atoms with Crippen LogP contribution in [0.2, 0.25) is 0 Å². The van der Waals surface area contributed by atoms with E-state index >= 15 is 0 Å². The summed E-state index contributed by atoms with van der Waals surface area (Å²) < 4.78 is 12.3. The number of rotatable bonds is 6. The summed E-state index contributed by atoms with van der Waals surface area (Å²) in [5.41, 5.74) is 0. The van der Waals surface area contributed by atoms with Gasteiger partial charge in [-0.1, -0.05) is 32.0 Å². The van der Waals surface area contributed by atoms with E-state index in [1.54, 1.807) is 0 Å². The van der Waals surface area contributed by atoms with Crippen molar-refractivity contribution in [2.75, 3.05) is 18.8 Å². The van der Waals surface area contributed by atoms with Crippen molar-refractivity contribution in [2.24, 2.45) is 16.8 Å². The predicted octanol–water partition coefficient (Wildman–Crippen LogP) is 3.17. The summed E-state index contributed by atoms with van der Waals surface area (Å²) in [7, 11) is -0.985. The minimum atomic E-state index is -0.985. The van der Waals surface area contributed by atoms with Crippen molar-refractivity contribution < 1.29 is 4.21 Å². The molecule has 1 fully saturated rings. The van der Waals surface area contributed by atoms with Crippen LogP contribution in [0.4, 0.5) is 0 Å². The van der Waals surface area contributed by atoms with Crippen molar-refractivity contribution >= 4 is 16.8 Å². The number of nitrogens with one attached hydrogen (secondary N) is 2. The van der Waals surface area contributed by atoms with Gasteiger partial charge in [0.15, 0.2) is 5.96 Å². The molecule has 3 unspecified atom stereocenters. The van der Waals surface area contributed by atoms with Crippen LogP contribution in [-0.2, 0) is 10.8 Å². The summed E-state index contributed by atoms with van der Waals surface area (Å²) in [5.74, 6) is 2.94. The van der Waals surface area contributed by atoms with Crippen LogP contribution in [-0.4, -0.2) is 35.1 Å². The van der Waals surface area contributed by atoms with E-state index in [0.717, 1.165) is 29.2 Å². The molecule has 5 heteroatoms. The van der Waals surface area contributed by atoms with Crippen LogP contribution in [0.1, 0.15) is 40.0 Å². The molecule has 24 heavy (non-hydrogen) atoms. The van der Waals surface area contributed by atoms with Gasteiger partial charge in [-0.2, -0.15) is 0 Å². The van der Waals surface area contributed by atoms with Crippen LogP contribution in [0.15, 0.2) is 40.2 Å². The van der Waals surface area contributed by atoms with Crippen LogP contribution in [0.5, 0.6) is 0 Å². The number of aliphatic imine (C=N–C) groups is 1. The molecule has 1 aliphatic carbocycles. The topological polar surface area (TPSA) is 53.5 Å². The molecule has 4 nitrogen and oxygen atoms in total. The minimum absolute atomic E-state index is 0.487. The van der Waals surface area contributed by atoms with Gasteiger partial charge in [-0.3, -0.25) is 9.20 Å². The van der Waals surface area contributed by atoms with E-state index in [9.17, 15) is 4.21 Å². The number of nitrogens with zero attached hydrogens (tertiary/aromatic N) is 1. The van der Waals surface area contributed by atoms with Gasteiger partial charge in [-0.05, 0) is 50.2 Å². The molecule has 2 rings (SSSR count). The zero-order valence-corrected chi connectivity index (χ0v) is 15.9. The molecule has 1 aromatic carbocycles. The lowest BCUT2D eigenvalue weighted by Crippen LogP contribution is -2.46. The minimum Gasteiger partial charge on any atom is -0.357 e. The lowest BCUT2D eigenvalue weighted by atomic mass is 9.80. The first-order valence-electron chi connectivity index (χ1n) is 9.06. The SMILES string of the molecule is CCNC(=NCCS(=O)c1ccccc1)NC1CC(C)CC(C)C1. The summed E-state index contributed by atoms with van der Waals surface area (Å²) in [6.07, 6.45) is 3.72. The highest BCUT2D eigenvalue weighted by molar-refractivity contribution is 7.85. The highest BCUT2D eigenvalue weighted by atomic mass is 32.2. The molecule has 0 radical (unpaired) electrons. The summed E-state index contributed by atoms with van der Waals surface area (Å²) in [6.45, 7) is 8.14. The van der Waals surface area contributed by atoms with E-state index < -0.39 is 10.8 Å². The fraction of sp³-hybridized carbons (Fsp3) is 0.632. The summed E-state index contributed by atoms with van der Waals surface area (Å²) in [4.78, 5) is 5.50. The first-order chi connectivity index (χ1) is 11.6. The van der Waals surface area contributed by atoms with Gasteiger partial charge in [0, 0.05) is 23.2 Å². The third-order valence-corrected chi connectivity index (χ3v) is 5.77. The van der Waals surface area contributed by atoms with Crippen LogP contribution in [0, 0.1) is 11.8 Å². The molecule has 1 aliphatic rings. The molecular formula is C19H31N3OS. The van der Waals surface area contributed by atoms with Gasteiger partial charge in [-0.15, -0.1) is 0 Å². The second-order valence-electron chi connectivity index (χ2n) is 6.88. The molecule has 2 N–H and O–H groups in total. The summed E-state index contributed by atoms with van der Waals surface area (Å²) in [5, 5.41) is 6.88. The molecule has 134 valence electrons. The summed E-state index contributed by atoms with van der Waals surface area (Å²) in [6, 6.07) is 10.1. The maximum atomic E-state index is 12.3. The fourth-order valence-corrected chi connectivity index (χ4v) is 4.46. The Hall–Kier alpha value is -1.36. The van der Waals surface area contributed by atoms with Crippen molar-refractivity contribution in [1.82, 2.24) is 10.6 Å². The zero-order chi connectivity index (χ0) is 17.4. The average Bonchev–Trinajstić information content (AvgIpc) is 2.54. The Labute approximate surface area is 149 Å². The molecule has 0 aliphatic heterocycles. The second kappa shape index (κ2) is 9.82. The number of benzene rings is 1.